The predicted molar refractivity (Wildman–Crippen MR) is 152 cm³/mol. The van der Waals surface area contributed by atoms with Gasteiger partial charge in [-0.15, -0.1) is 0 Å². The lowest BCUT2D eigenvalue weighted by molar-refractivity contribution is 0.735. The zero-order valence-corrected chi connectivity index (χ0v) is 21.3. The molecular formula is C34H36. The van der Waals surface area contributed by atoms with Gasteiger partial charge >= 0.3 is 0 Å². The van der Waals surface area contributed by atoms with E-state index in [4.69, 9.17) is 0 Å². The normalized spacial score (nSPS) is 14.2. The Morgan fingerprint density at radius 2 is 1.65 bits per heavy atom. The van der Waals surface area contributed by atoms with E-state index in [1.54, 1.807) is 0 Å². The van der Waals surface area contributed by atoms with Gasteiger partial charge in [-0.3, -0.25) is 0 Å². The Bertz CT molecular complexity index is 1440. The number of allylic oxidation sites excluding steroid dienone is 3. The van der Waals surface area contributed by atoms with Crippen molar-refractivity contribution < 1.29 is 0 Å². The number of fused-ring (bicyclic) bond motifs is 6. The summed E-state index contributed by atoms with van der Waals surface area (Å²) >= 11 is 0. The molecule has 0 nitrogen and oxygen atoms in total. The van der Waals surface area contributed by atoms with Gasteiger partial charge < -0.3 is 0 Å². The first kappa shape index (κ1) is 22.7. The van der Waals surface area contributed by atoms with Crippen LogP contribution >= 0.6 is 0 Å². The van der Waals surface area contributed by atoms with Crippen LogP contribution in [-0.2, 0) is 0 Å². The van der Waals surface area contributed by atoms with Gasteiger partial charge in [-0.05, 0) is 111 Å². The third kappa shape index (κ3) is 3.70. The number of aryl methyl sites for hydroxylation is 2. The van der Waals surface area contributed by atoms with Gasteiger partial charge in [-0.25, -0.2) is 0 Å². The molecule has 4 aromatic carbocycles. The zero-order chi connectivity index (χ0) is 23.8. The van der Waals surface area contributed by atoms with Gasteiger partial charge in [-0.2, -0.15) is 0 Å². The molecule has 0 aliphatic heterocycles. The Kier molecular flexibility index (Phi) is 6.17. The summed E-state index contributed by atoms with van der Waals surface area (Å²) in [7, 11) is 0. The maximum atomic E-state index is 2.49. The lowest BCUT2D eigenvalue weighted by Crippen LogP contribution is -1.99. The highest BCUT2D eigenvalue weighted by atomic mass is 14.2. The first-order valence-electron chi connectivity index (χ1n) is 13.0. The van der Waals surface area contributed by atoms with Crippen LogP contribution in [0.1, 0.15) is 80.2 Å². The summed E-state index contributed by atoms with van der Waals surface area (Å²) < 4.78 is 0. The van der Waals surface area contributed by atoms with Gasteiger partial charge in [0.25, 0.3) is 0 Å². The molecule has 0 heterocycles. The molecule has 1 aliphatic rings. The monoisotopic (exact) mass is 444 g/mol. The molecule has 0 heteroatoms. The summed E-state index contributed by atoms with van der Waals surface area (Å²) in [5, 5.41) is 5.58. The minimum Gasteiger partial charge on any atom is -0.0801 e. The average molecular weight is 445 g/mol. The Labute approximate surface area is 205 Å². The molecule has 0 spiro atoms. The van der Waals surface area contributed by atoms with E-state index >= 15 is 0 Å². The van der Waals surface area contributed by atoms with Gasteiger partial charge in [0.1, 0.15) is 0 Å². The summed E-state index contributed by atoms with van der Waals surface area (Å²) in [6, 6.07) is 20.8. The van der Waals surface area contributed by atoms with Crippen molar-refractivity contribution in [1.82, 2.24) is 0 Å². The number of benzene rings is 4. The molecule has 1 atom stereocenters. The number of hydrogen-bond acceptors (Lipinski definition) is 0. The van der Waals surface area contributed by atoms with Crippen molar-refractivity contribution in [2.75, 3.05) is 0 Å². The van der Waals surface area contributed by atoms with Crippen molar-refractivity contribution in [2.24, 2.45) is 0 Å². The summed E-state index contributed by atoms with van der Waals surface area (Å²) in [6.45, 7) is 11.5. The van der Waals surface area contributed by atoms with Crippen LogP contribution in [-0.4, -0.2) is 0 Å². The van der Waals surface area contributed by atoms with E-state index in [0.29, 0.717) is 5.92 Å². The van der Waals surface area contributed by atoms with Gasteiger partial charge in [0.2, 0.25) is 0 Å². The molecular weight excluding hydrogens is 408 g/mol. The van der Waals surface area contributed by atoms with Crippen molar-refractivity contribution in [3.05, 3.63) is 94.6 Å². The van der Waals surface area contributed by atoms with Crippen LogP contribution in [0.3, 0.4) is 0 Å². The van der Waals surface area contributed by atoms with E-state index < -0.39 is 0 Å². The van der Waals surface area contributed by atoms with Crippen molar-refractivity contribution in [3.63, 3.8) is 0 Å². The van der Waals surface area contributed by atoms with Crippen LogP contribution in [0.5, 0.6) is 0 Å². The second-order valence-electron chi connectivity index (χ2n) is 10.0. The van der Waals surface area contributed by atoms with E-state index in [-0.39, 0.29) is 0 Å². The molecule has 0 aromatic heterocycles. The van der Waals surface area contributed by atoms with Crippen LogP contribution in [0.4, 0.5) is 0 Å². The van der Waals surface area contributed by atoms with Crippen molar-refractivity contribution in [3.8, 4) is 11.1 Å². The van der Waals surface area contributed by atoms with Crippen molar-refractivity contribution in [1.29, 1.82) is 0 Å². The van der Waals surface area contributed by atoms with E-state index in [1.807, 2.05) is 0 Å². The fraction of sp³-hybridized carbons (Fsp3) is 0.294. The van der Waals surface area contributed by atoms with Crippen LogP contribution in [0.25, 0.3) is 44.3 Å². The first-order chi connectivity index (χ1) is 16.5. The third-order valence-corrected chi connectivity index (χ3v) is 7.76. The molecule has 0 bridgehead atoms. The number of rotatable bonds is 5. The molecule has 0 saturated carbocycles. The third-order valence-electron chi connectivity index (χ3n) is 7.76. The van der Waals surface area contributed by atoms with E-state index in [2.05, 4.69) is 107 Å². The fourth-order valence-electron chi connectivity index (χ4n) is 5.83. The Hall–Kier alpha value is -3.12. The summed E-state index contributed by atoms with van der Waals surface area (Å²) in [6.07, 6.45) is 11.6. The molecule has 4 aromatic rings. The topological polar surface area (TPSA) is 0 Å². The number of hydrogen-bond donors (Lipinski definition) is 0. The van der Waals surface area contributed by atoms with Gasteiger partial charge in [0.15, 0.2) is 0 Å². The van der Waals surface area contributed by atoms with Crippen molar-refractivity contribution in [2.45, 2.75) is 66.2 Å². The summed E-state index contributed by atoms with van der Waals surface area (Å²) in [5.41, 5.74) is 11.3. The summed E-state index contributed by atoms with van der Waals surface area (Å²) in [4.78, 5) is 0. The second-order valence-corrected chi connectivity index (χ2v) is 10.0. The quantitative estimate of drug-likeness (QED) is 0.268. The minimum absolute atomic E-state index is 0.543. The smallest absolute Gasteiger partial charge is 0.00670 e. The van der Waals surface area contributed by atoms with E-state index in [9.17, 15) is 0 Å². The molecule has 0 amide bonds. The van der Waals surface area contributed by atoms with Crippen LogP contribution in [0, 0.1) is 13.8 Å². The van der Waals surface area contributed by atoms with E-state index in [1.165, 1.54) is 66.1 Å². The largest absolute Gasteiger partial charge is 0.0801 e. The Morgan fingerprint density at radius 3 is 2.44 bits per heavy atom. The average Bonchev–Trinajstić information content (AvgIpc) is 3.06. The maximum Gasteiger partial charge on any atom is -0.00670 e. The molecule has 0 N–H and O–H groups in total. The Morgan fingerprint density at radius 1 is 0.824 bits per heavy atom. The lowest BCUT2D eigenvalue weighted by atomic mass is 9.82. The fourth-order valence-corrected chi connectivity index (χ4v) is 5.83. The molecule has 0 fully saturated rings. The zero-order valence-electron chi connectivity index (χ0n) is 21.3. The maximum absolute atomic E-state index is 2.49. The predicted octanol–water partition coefficient (Wildman–Crippen LogP) is 10.4. The van der Waals surface area contributed by atoms with Crippen LogP contribution in [0.15, 0.2) is 66.7 Å². The highest BCUT2D eigenvalue weighted by molar-refractivity contribution is 6.18. The van der Waals surface area contributed by atoms with Gasteiger partial charge in [0, 0.05) is 0 Å². The molecule has 0 radical (unpaired) electrons. The van der Waals surface area contributed by atoms with Gasteiger partial charge in [0.05, 0.1) is 0 Å². The molecule has 1 unspecified atom stereocenters. The van der Waals surface area contributed by atoms with Crippen molar-refractivity contribution >= 4 is 33.2 Å². The molecule has 5 rings (SSSR count). The molecule has 34 heavy (non-hydrogen) atoms. The molecule has 0 saturated heterocycles. The van der Waals surface area contributed by atoms with Gasteiger partial charge in [-0.1, -0.05) is 94.0 Å². The van der Waals surface area contributed by atoms with E-state index in [0.717, 1.165) is 25.7 Å². The summed E-state index contributed by atoms with van der Waals surface area (Å²) in [5.74, 6) is 0.543. The van der Waals surface area contributed by atoms with Crippen LogP contribution < -0.4 is 0 Å². The SMILES string of the molecule is CCCC1=CCC=Cc2c1c1c(C)cccc1c1cc(C)c(-c3ccccc3C(C)CC)cc21. The minimum atomic E-state index is 0.543. The van der Waals surface area contributed by atoms with Crippen LogP contribution in [0.2, 0.25) is 0 Å². The first-order valence-corrected chi connectivity index (χ1v) is 13.0. The molecule has 172 valence electrons. The standard InChI is InChI=1S/C34H36/c1-6-13-25-15-8-9-18-29-32-21-30(27-17-11-10-16-26(27)22(3)7-2)24(5)20-31(32)28-19-12-14-23(4)33(28)34(25)29/h9-12,14-22H,6-8,13H2,1-5H3. The Balaban J connectivity index is 1.92. The molecule has 1 aliphatic carbocycles. The highest BCUT2D eigenvalue weighted by Gasteiger charge is 2.20. The highest BCUT2D eigenvalue weighted by Crippen LogP contribution is 2.44. The second kappa shape index (κ2) is 9.26. The lowest BCUT2D eigenvalue weighted by Gasteiger charge is -2.22.